The molecule has 0 saturated heterocycles. The number of carbonyl (C=O) groups excluding carboxylic acids is 2. The topological polar surface area (TPSA) is 80.3 Å². The van der Waals surface area contributed by atoms with Crippen molar-refractivity contribution in [1.82, 2.24) is 10.3 Å². The summed E-state index contributed by atoms with van der Waals surface area (Å²) in [6.45, 7) is 1.15. The molecule has 7 heteroatoms. The highest BCUT2D eigenvalue weighted by Gasteiger charge is 2.11. The molecule has 2 N–H and O–H groups in total. The fourth-order valence-corrected chi connectivity index (χ4v) is 2.18. The summed E-state index contributed by atoms with van der Waals surface area (Å²) in [5.74, 6) is -0.682. The number of hydrogen-bond acceptors (Lipinski definition) is 5. The molecule has 24 heavy (non-hydrogen) atoms. The van der Waals surface area contributed by atoms with Gasteiger partial charge in [0.05, 0.1) is 23.4 Å². The molecule has 0 unspecified atom stereocenters. The number of amides is 1. The van der Waals surface area contributed by atoms with Crippen LogP contribution in [0.15, 0.2) is 42.7 Å². The summed E-state index contributed by atoms with van der Waals surface area (Å²) in [7, 11) is 1.29. The van der Waals surface area contributed by atoms with Crippen molar-refractivity contribution >= 4 is 29.2 Å². The van der Waals surface area contributed by atoms with Crippen LogP contribution in [0.3, 0.4) is 0 Å². The maximum Gasteiger partial charge on any atom is 0.337 e. The number of rotatable bonds is 7. The van der Waals surface area contributed by atoms with E-state index in [1.54, 1.807) is 24.5 Å². The molecule has 1 aromatic carbocycles. The minimum absolute atomic E-state index is 0.197. The standard InChI is InChI=1S/C17H18ClN3O3/c1-24-17(23)13-4-5-14(18)15(9-13)21-16(22)6-8-20-11-12-3-2-7-19-10-12/h2-5,7,9-10,20H,6,8,11H2,1H3,(H,21,22). The van der Waals surface area contributed by atoms with Crippen LogP contribution in [0.5, 0.6) is 0 Å². The Kier molecular flexibility index (Phi) is 6.72. The highest BCUT2D eigenvalue weighted by atomic mass is 35.5. The molecule has 0 aliphatic carbocycles. The molecular weight excluding hydrogens is 330 g/mol. The van der Waals surface area contributed by atoms with Crippen LogP contribution in [0.2, 0.25) is 5.02 Å². The number of benzene rings is 1. The third-order valence-corrected chi connectivity index (χ3v) is 3.57. The average molecular weight is 348 g/mol. The van der Waals surface area contributed by atoms with Crippen LogP contribution in [0, 0.1) is 0 Å². The Labute approximate surface area is 145 Å². The Balaban J connectivity index is 1.82. The first kappa shape index (κ1) is 17.9. The zero-order valence-electron chi connectivity index (χ0n) is 13.2. The van der Waals surface area contributed by atoms with Crippen LogP contribution in [-0.4, -0.2) is 30.5 Å². The third kappa shape index (κ3) is 5.33. The highest BCUT2D eigenvalue weighted by molar-refractivity contribution is 6.33. The fourth-order valence-electron chi connectivity index (χ4n) is 2.02. The Hall–Kier alpha value is -2.44. The Bertz CT molecular complexity index is 707. The van der Waals surface area contributed by atoms with E-state index >= 15 is 0 Å². The average Bonchev–Trinajstić information content (AvgIpc) is 2.61. The van der Waals surface area contributed by atoms with Crippen LogP contribution in [0.4, 0.5) is 5.69 Å². The van der Waals surface area contributed by atoms with E-state index in [1.807, 2.05) is 12.1 Å². The number of nitrogens with zero attached hydrogens (tertiary/aromatic N) is 1. The molecule has 0 fully saturated rings. The predicted octanol–water partition coefficient (Wildman–Crippen LogP) is 2.64. The van der Waals surface area contributed by atoms with E-state index < -0.39 is 5.97 Å². The normalized spacial score (nSPS) is 10.2. The lowest BCUT2D eigenvalue weighted by atomic mass is 10.2. The lowest BCUT2D eigenvalue weighted by Gasteiger charge is -2.09. The van der Waals surface area contributed by atoms with E-state index in [2.05, 4.69) is 20.4 Å². The van der Waals surface area contributed by atoms with Crippen molar-refractivity contribution in [2.45, 2.75) is 13.0 Å². The van der Waals surface area contributed by atoms with Crippen molar-refractivity contribution < 1.29 is 14.3 Å². The SMILES string of the molecule is COC(=O)c1ccc(Cl)c(NC(=O)CCNCc2cccnc2)c1. The van der Waals surface area contributed by atoms with Crippen molar-refractivity contribution in [3.63, 3.8) is 0 Å². The number of nitrogens with one attached hydrogen (secondary N) is 2. The lowest BCUT2D eigenvalue weighted by molar-refractivity contribution is -0.116. The summed E-state index contributed by atoms with van der Waals surface area (Å²) in [5.41, 5.74) is 1.76. The molecule has 0 bridgehead atoms. The Morgan fingerprint density at radius 1 is 1.29 bits per heavy atom. The number of hydrogen-bond donors (Lipinski definition) is 2. The first-order chi connectivity index (χ1) is 11.6. The van der Waals surface area contributed by atoms with Gasteiger partial charge in [0.2, 0.25) is 5.91 Å². The number of halogens is 1. The fraction of sp³-hybridized carbons (Fsp3) is 0.235. The molecular formula is C17H18ClN3O3. The van der Waals surface area contributed by atoms with E-state index in [-0.39, 0.29) is 12.3 Å². The lowest BCUT2D eigenvalue weighted by Crippen LogP contribution is -2.21. The first-order valence-corrected chi connectivity index (χ1v) is 7.75. The smallest absolute Gasteiger partial charge is 0.337 e. The molecule has 1 heterocycles. The number of anilines is 1. The maximum absolute atomic E-state index is 12.0. The Morgan fingerprint density at radius 3 is 2.83 bits per heavy atom. The van der Waals surface area contributed by atoms with Gasteiger partial charge in [-0.25, -0.2) is 4.79 Å². The zero-order chi connectivity index (χ0) is 17.4. The summed E-state index contributed by atoms with van der Waals surface area (Å²) in [6.07, 6.45) is 3.76. The minimum atomic E-state index is -0.486. The van der Waals surface area contributed by atoms with Gasteiger partial charge in [0.25, 0.3) is 0 Å². The van der Waals surface area contributed by atoms with Crippen molar-refractivity contribution in [3.05, 3.63) is 58.9 Å². The molecule has 0 aliphatic heterocycles. The van der Waals surface area contributed by atoms with Gasteiger partial charge in [0, 0.05) is 31.9 Å². The monoisotopic (exact) mass is 347 g/mol. The third-order valence-electron chi connectivity index (χ3n) is 3.24. The summed E-state index contributed by atoms with van der Waals surface area (Å²) in [6, 6.07) is 8.40. The Morgan fingerprint density at radius 2 is 2.12 bits per heavy atom. The molecule has 0 saturated carbocycles. The van der Waals surface area contributed by atoms with Gasteiger partial charge in [-0.05, 0) is 29.8 Å². The van der Waals surface area contributed by atoms with Gasteiger partial charge >= 0.3 is 5.97 Å². The molecule has 2 aromatic rings. The van der Waals surface area contributed by atoms with E-state index in [4.69, 9.17) is 11.6 Å². The summed E-state index contributed by atoms with van der Waals surface area (Å²) >= 11 is 6.04. The maximum atomic E-state index is 12.0. The van der Waals surface area contributed by atoms with Gasteiger partial charge < -0.3 is 15.4 Å². The zero-order valence-corrected chi connectivity index (χ0v) is 14.0. The highest BCUT2D eigenvalue weighted by Crippen LogP contribution is 2.23. The van der Waals surface area contributed by atoms with Crippen LogP contribution in [0.25, 0.3) is 0 Å². The first-order valence-electron chi connectivity index (χ1n) is 7.37. The van der Waals surface area contributed by atoms with E-state index in [1.165, 1.54) is 13.2 Å². The van der Waals surface area contributed by atoms with E-state index in [9.17, 15) is 9.59 Å². The molecule has 0 aliphatic rings. The van der Waals surface area contributed by atoms with E-state index in [0.29, 0.717) is 29.4 Å². The van der Waals surface area contributed by atoms with Gasteiger partial charge in [0.15, 0.2) is 0 Å². The molecule has 126 valence electrons. The predicted molar refractivity (Wildman–Crippen MR) is 92.0 cm³/mol. The number of ether oxygens (including phenoxy) is 1. The quantitative estimate of drug-likeness (QED) is 0.594. The summed E-state index contributed by atoms with van der Waals surface area (Å²) in [4.78, 5) is 27.5. The van der Waals surface area contributed by atoms with Crippen LogP contribution >= 0.6 is 11.6 Å². The molecule has 1 amide bonds. The number of aromatic nitrogens is 1. The van der Waals surface area contributed by atoms with Gasteiger partial charge in [-0.2, -0.15) is 0 Å². The number of esters is 1. The number of methoxy groups -OCH3 is 1. The molecule has 0 atom stereocenters. The molecule has 6 nitrogen and oxygen atoms in total. The largest absolute Gasteiger partial charge is 0.465 e. The van der Waals surface area contributed by atoms with Gasteiger partial charge in [-0.3, -0.25) is 9.78 Å². The molecule has 2 rings (SSSR count). The summed E-state index contributed by atoms with van der Waals surface area (Å²) in [5, 5.41) is 6.22. The number of pyridine rings is 1. The minimum Gasteiger partial charge on any atom is -0.465 e. The van der Waals surface area contributed by atoms with Gasteiger partial charge in [-0.1, -0.05) is 17.7 Å². The second-order valence-electron chi connectivity index (χ2n) is 5.02. The van der Waals surface area contributed by atoms with Gasteiger partial charge in [-0.15, -0.1) is 0 Å². The second kappa shape index (κ2) is 9.00. The van der Waals surface area contributed by atoms with Crippen molar-refractivity contribution in [2.24, 2.45) is 0 Å². The van der Waals surface area contributed by atoms with Crippen molar-refractivity contribution in [1.29, 1.82) is 0 Å². The van der Waals surface area contributed by atoms with Crippen LogP contribution in [0.1, 0.15) is 22.3 Å². The second-order valence-corrected chi connectivity index (χ2v) is 5.43. The molecule has 0 spiro atoms. The van der Waals surface area contributed by atoms with Gasteiger partial charge in [0.1, 0.15) is 0 Å². The van der Waals surface area contributed by atoms with Crippen LogP contribution in [-0.2, 0) is 16.1 Å². The van der Waals surface area contributed by atoms with E-state index in [0.717, 1.165) is 5.56 Å². The molecule has 0 radical (unpaired) electrons. The van der Waals surface area contributed by atoms with Crippen molar-refractivity contribution in [3.8, 4) is 0 Å². The molecule has 1 aromatic heterocycles. The summed E-state index contributed by atoms with van der Waals surface area (Å²) < 4.78 is 4.65. The van der Waals surface area contributed by atoms with Crippen LogP contribution < -0.4 is 10.6 Å². The number of carbonyl (C=O) groups is 2. The van der Waals surface area contributed by atoms with Crippen molar-refractivity contribution in [2.75, 3.05) is 19.0 Å².